The van der Waals surface area contributed by atoms with Crippen LogP contribution in [-0.4, -0.2) is 43.9 Å². The Hall–Kier alpha value is -0.970. The number of terminal acetylenes is 1. The highest BCUT2D eigenvalue weighted by molar-refractivity contribution is 7.89. The Balaban J connectivity index is 1.67. The standard InChI is InChI=1S/C10H16N4O2S/c1-2-3-4-10(12-13-10)5-6-14-7-9(8-14)17(11,15)16/h1,9H,3-8H2,(H2,11,15,16). The molecule has 1 fully saturated rings. The molecule has 0 amide bonds. The first-order valence-corrected chi connectivity index (χ1v) is 7.18. The maximum atomic E-state index is 11.0. The van der Waals surface area contributed by atoms with Gasteiger partial charge in [-0.1, -0.05) is 0 Å². The number of rotatable bonds is 6. The first-order chi connectivity index (χ1) is 7.95. The summed E-state index contributed by atoms with van der Waals surface area (Å²) in [4.78, 5) is 2.05. The quantitative estimate of drug-likeness (QED) is 0.674. The molecule has 2 aliphatic heterocycles. The summed E-state index contributed by atoms with van der Waals surface area (Å²) in [6.07, 6.45) is 7.47. The Morgan fingerprint density at radius 3 is 2.53 bits per heavy atom. The van der Waals surface area contributed by atoms with Gasteiger partial charge in [-0.15, -0.1) is 12.3 Å². The highest BCUT2D eigenvalue weighted by Gasteiger charge is 2.41. The van der Waals surface area contributed by atoms with Crippen LogP contribution in [-0.2, 0) is 10.0 Å². The highest BCUT2D eigenvalue weighted by atomic mass is 32.2. The Morgan fingerprint density at radius 1 is 1.41 bits per heavy atom. The fourth-order valence-corrected chi connectivity index (χ4v) is 2.76. The summed E-state index contributed by atoms with van der Waals surface area (Å²) in [6.45, 7) is 1.83. The summed E-state index contributed by atoms with van der Waals surface area (Å²) in [6, 6.07) is 0. The van der Waals surface area contributed by atoms with Crippen molar-refractivity contribution >= 4 is 10.0 Å². The smallest absolute Gasteiger partial charge is 0.214 e. The van der Waals surface area contributed by atoms with Gasteiger partial charge >= 0.3 is 0 Å². The van der Waals surface area contributed by atoms with Crippen LogP contribution >= 0.6 is 0 Å². The van der Waals surface area contributed by atoms with Crippen LogP contribution in [0.4, 0.5) is 0 Å². The maximum Gasteiger partial charge on any atom is 0.214 e. The van der Waals surface area contributed by atoms with Crippen molar-refractivity contribution in [3.63, 3.8) is 0 Å². The van der Waals surface area contributed by atoms with E-state index in [0.717, 1.165) is 19.4 Å². The van der Waals surface area contributed by atoms with Crippen LogP contribution < -0.4 is 5.14 Å². The van der Waals surface area contributed by atoms with Gasteiger partial charge in [0.25, 0.3) is 0 Å². The van der Waals surface area contributed by atoms with Crippen molar-refractivity contribution in [2.45, 2.75) is 30.2 Å². The van der Waals surface area contributed by atoms with Crippen LogP contribution in [0, 0.1) is 12.3 Å². The minimum atomic E-state index is -3.37. The van der Waals surface area contributed by atoms with Gasteiger partial charge in [-0.2, -0.15) is 10.2 Å². The summed E-state index contributed by atoms with van der Waals surface area (Å²) >= 11 is 0. The number of nitrogens with zero attached hydrogens (tertiary/aromatic N) is 3. The second kappa shape index (κ2) is 4.37. The molecular formula is C10H16N4O2S. The molecule has 0 unspecified atom stereocenters. The maximum absolute atomic E-state index is 11.0. The molecule has 2 rings (SSSR count). The van der Waals surface area contributed by atoms with Crippen LogP contribution in [0.25, 0.3) is 0 Å². The van der Waals surface area contributed by atoms with E-state index in [1.165, 1.54) is 0 Å². The van der Waals surface area contributed by atoms with E-state index in [-0.39, 0.29) is 5.66 Å². The summed E-state index contributed by atoms with van der Waals surface area (Å²) < 4.78 is 22.0. The summed E-state index contributed by atoms with van der Waals surface area (Å²) in [7, 11) is -3.37. The number of sulfonamides is 1. The predicted molar refractivity (Wildman–Crippen MR) is 63.6 cm³/mol. The van der Waals surface area contributed by atoms with Gasteiger partial charge in [0.2, 0.25) is 10.0 Å². The SMILES string of the molecule is C#CCCC1(CCN2CC(S(N)(=O)=O)C2)N=N1. The summed E-state index contributed by atoms with van der Waals surface area (Å²) in [5.74, 6) is 2.58. The van der Waals surface area contributed by atoms with E-state index in [9.17, 15) is 8.42 Å². The second-order valence-electron chi connectivity index (χ2n) is 4.61. The Morgan fingerprint density at radius 2 is 2.06 bits per heavy atom. The van der Waals surface area contributed by atoms with Gasteiger partial charge in [0, 0.05) is 38.9 Å². The third-order valence-electron chi connectivity index (χ3n) is 3.27. The average Bonchev–Trinajstić information content (AvgIpc) is 2.91. The summed E-state index contributed by atoms with van der Waals surface area (Å²) in [5.41, 5.74) is -0.279. The minimum absolute atomic E-state index is 0.279. The molecule has 0 aliphatic carbocycles. The molecule has 0 atom stereocenters. The van der Waals surface area contributed by atoms with Crippen molar-refractivity contribution in [1.82, 2.24) is 4.90 Å². The third kappa shape index (κ3) is 3.03. The minimum Gasteiger partial charge on any atom is -0.300 e. The van der Waals surface area contributed by atoms with Crippen molar-refractivity contribution in [3.05, 3.63) is 0 Å². The first-order valence-electron chi connectivity index (χ1n) is 5.57. The van der Waals surface area contributed by atoms with E-state index in [1.54, 1.807) is 0 Å². The number of hydrogen-bond acceptors (Lipinski definition) is 5. The topological polar surface area (TPSA) is 88.1 Å². The van der Waals surface area contributed by atoms with Crippen molar-refractivity contribution in [1.29, 1.82) is 0 Å². The van der Waals surface area contributed by atoms with E-state index in [2.05, 4.69) is 21.0 Å². The first kappa shape index (κ1) is 12.5. The molecule has 0 aromatic carbocycles. The molecular weight excluding hydrogens is 240 g/mol. The largest absolute Gasteiger partial charge is 0.300 e. The van der Waals surface area contributed by atoms with Gasteiger partial charge in [-0.05, 0) is 0 Å². The van der Waals surface area contributed by atoms with Gasteiger partial charge in [0.15, 0.2) is 5.66 Å². The number of primary sulfonamides is 1. The zero-order valence-corrected chi connectivity index (χ0v) is 10.4. The van der Waals surface area contributed by atoms with Crippen LogP contribution in [0.15, 0.2) is 10.2 Å². The van der Waals surface area contributed by atoms with Crippen molar-refractivity contribution in [2.24, 2.45) is 15.4 Å². The van der Waals surface area contributed by atoms with Gasteiger partial charge < -0.3 is 4.90 Å². The average molecular weight is 256 g/mol. The van der Waals surface area contributed by atoms with Gasteiger partial charge in [0.05, 0.1) is 0 Å². The van der Waals surface area contributed by atoms with Crippen LogP contribution in [0.2, 0.25) is 0 Å². The lowest BCUT2D eigenvalue weighted by Gasteiger charge is -2.37. The molecule has 0 saturated carbocycles. The Bertz CT molecular complexity index is 453. The number of hydrogen-bond donors (Lipinski definition) is 1. The molecule has 0 radical (unpaired) electrons. The highest BCUT2D eigenvalue weighted by Crippen LogP contribution is 2.37. The lowest BCUT2D eigenvalue weighted by Crippen LogP contribution is -2.56. The van der Waals surface area contributed by atoms with Crippen molar-refractivity contribution in [3.8, 4) is 12.3 Å². The lowest BCUT2D eigenvalue weighted by atomic mass is 10.0. The second-order valence-corrected chi connectivity index (χ2v) is 6.45. The number of likely N-dealkylation sites (tertiary alicyclic amines) is 1. The molecule has 2 heterocycles. The van der Waals surface area contributed by atoms with Gasteiger partial charge in [0.1, 0.15) is 5.25 Å². The van der Waals surface area contributed by atoms with Crippen LogP contribution in [0.3, 0.4) is 0 Å². The Kier molecular flexibility index (Phi) is 3.21. The normalized spacial score (nSPS) is 23.1. The molecule has 17 heavy (non-hydrogen) atoms. The number of nitrogens with two attached hydrogens (primary N) is 1. The van der Waals surface area contributed by atoms with Crippen molar-refractivity contribution in [2.75, 3.05) is 19.6 Å². The molecule has 0 bridgehead atoms. The van der Waals surface area contributed by atoms with E-state index >= 15 is 0 Å². The molecule has 0 spiro atoms. The van der Waals surface area contributed by atoms with Crippen molar-refractivity contribution < 1.29 is 8.42 Å². The molecule has 6 nitrogen and oxygen atoms in total. The third-order valence-corrected chi connectivity index (χ3v) is 4.50. The van der Waals surface area contributed by atoms with E-state index < -0.39 is 15.3 Å². The zero-order valence-electron chi connectivity index (χ0n) is 9.54. The van der Waals surface area contributed by atoms with E-state index in [4.69, 9.17) is 11.6 Å². The monoisotopic (exact) mass is 256 g/mol. The molecule has 7 heteroatoms. The molecule has 1 saturated heterocycles. The predicted octanol–water partition coefficient (Wildman–Crippen LogP) is -0.0753. The molecule has 94 valence electrons. The fraction of sp³-hybridized carbons (Fsp3) is 0.800. The summed E-state index contributed by atoms with van der Waals surface area (Å²) in [5, 5.41) is 12.7. The van der Waals surface area contributed by atoms with Gasteiger partial charge in [-0.3, -0.25) is 0 Å². The molecule has 0 aromatic rings. The van der Waals surface area contributed by atoms with Crippen LogP contribution in [0.5, 0.6) is 0 Å². The molecule has 0 aromatic heterocycles. The van der Waals surface area contributed by atoms with E-state index in [1.807, 2.05) is 0 Å². The molecule has 2 N–H and O–H groups in total. The Labute approximate surface area is 101 Å². The lowest BCUT2D eigenvalue weighted by molar-refractivity contribution is 0.174. The van der Waals surface area contributed by atoms with Crippen LogP contribution in [0.1, 0.15) is 19.3 Å². The van der Waals surface area contributed by atoms with Gasteiger partial charge in [-0.25, -0.2) is 13.6 Å². The fourth-order valence-electron chi connectivity index (χ4n) is 1.92. The zero-order chi connectivity index (χ0) is 12.5. The van der Waals surface area contributed by atoms with E-state index in [0.29, 0.717) is 19.5 Å². The molecule has 2 aliphatic rings.